The maximum absolute atomic E-state index is 9.13. The molecule has 0 fully saturated rings. The Hall–Kier alpha value is 0.603. The first-order chi connectivity index (χ1) is 2.56. The predicted octanol–water partition coefficient (Wildman–Crippen LogP) is -3.25. The number of carbonyl (C=O) groups excluding carboxylic acids is 1. The van der Waals surface area contributed by atoms with Crippen LogP contribution in [0.15, 0.2) is 0 Å². The Bertz CT molecular complexity index is 57.2. The summed E-state index contributed by atoms with van der Waals surface area (Å²) in [6, 6.07) is -0.590. The molecule has 0 radical (unpaired) electrons. The monoisotopic (exact) mass is 212 g/mol. The van der Waals surface area contributed by atoms with E-state index in [1.54, 1.807) is 0 Å². The molecule has 6 heteroatoms. The average molecular weight is 212 g/mol. The molecule has 0 amide bonds. The van der Waals surface area contributed by atoms with E-state index in [1.165, 1.54) is 0 Å². The van der Waals surface area contributed by atoms with Crippen molar-refractivity contribution in [3.05, 3.63) is 0 Å². The SMILES string of the molecule is O=C[PH]([O-])([O-])[O-].[Rh+3]. The van der Waals surface area contributed by atoms with Gasteiger partial charge in [-0.25, -0.2) is 0 Å². The second-order valence-electron chi connectivity index (χ2n) is 0.721. The molecule has 0 saturated heterocycles. The predicted molar refractivity (Wildman–Crippen MR) is 15.1 cm³/mol. The van der Waals surface area contributed by atoms with Crippen molar-refractivity contribution in [3.63, 3.8) is 0 Å². The van der Waals surface area contributed by atoms with E-state index in [1.807, 2.05) is 0 Å². The van der Waals surface area contributed by atoms with Gasteiger partial charge in [-0.3, -0.25) is 0 Å². The fourth-order valence-electron chi connectivity index (χ4n) is 0. The largest absolute Gasteiger partial charge is 3.00 e. The zero-order valence-corrected chi connectivity index (χ0v) is 5.68. The van der Waals surface area contributed by atoms with E-state index in [2.05, 4.69) is 0 Å². The molecule has 0 aliphatic rings. The second-order valence-corrected chi connectivity index (χ2v) is 2.16. The minimum atomic E-state index is -5.06. The van der Waals surface area contributed by atoms with Gasteiger partial charge in [-0.2, -0.15) is 0 Å². The maximum Gasteiger partial charge on any atom is 3.00 e. The molecule has 0 aromatic rings. The molecule has 0 unspecified atom stereocenters. The van der Waals surface area contributed by atoms with Gasteiger partial charge in [-0.15, -0.1) is 0 Å². The van der Waals surface area contributed by atoms with Crippen molar-refractivity contribution in [3.8, 4) is 0 Å². The molecule has 0 heterocycles. The first-order valence-electron chi connectivity index (χ1n) is 1.14. The van der Waals surface area contributed by atoms with Gasteiger partial charge >= 0.3 is 52.9 Å². The molecule has 7 heavy (non-hydrogen) atoms. The van der Waals surface area contributed by atoms with Crippen molar-refractivity contribution in [1.82, 2.24) is 0 Å². The van der Waals surface area contributed by atoms with E-state index in [-0.39, 0.29) is 19.5 Å². The van der Waals surface area contributed by atoms with Crippen LogP contribution in [-0.4, -0.2) is 6.03 Å². The topological polar surface area (TPSA) is 86.2 Å². The Balaban J connectivity index is 0. The summed E-state index contributed by atoms with van der Waals surface area (Å²) in [6.45, 7) is 0. The minimum Gasteiger partial charge on any atom is 3.00 e. The van der Waals surface area contributed by atoms with Gasteiger partial charge in [-0.05, 0) is 0 Å². The van der Waals surface area contributed by atoms with Gasteiger partial charge in [0.15, 0.2) is 0 Å². The van der Waals surface area contributed by atoms with Crippen molar-refractivity contribution in [2.45, 2.75) is 0 Å². The average Bonchev–Trinajstić information content (AvgIpc) is 1.35. The Morgan fingerprint density at radius 1 is 1.29 bits per heavy atom. The molecule has 4 nitrogen and oxygen atoms in total. The van der Waals surface area contributed by atoms with Gasteiger partial charge in [-0.1, -0.05) is 0 Å². The Morgan fingerprint density at radius 2 is 1.43 bits per heavy atom. The molecule has 0 rings (SSSR count). The van der Waals surface area contributed by atoms with Crippen LogP contribution in [0, 0.1) is 0 Å². The fraction of sp³-hybridized carbons (Fsp3) is 0. The zero-order chi connectivity index (χ0) is 5.21. The van der Waals surface area contributed by atoms with Crippen LogP contribution >= 0.6 is 7.94 Å². The normalized spacial score (nSPS) is 11.9. The molecule has 0 N–H and O–H groups in total. The summed E-state index contributed by atoms with van der Waals surface area (Å²) < 4.78 is 0. The fourth-order valence-corrected chi connectivity index (χ4v) is 0. The second kappa shape index (κ2) is 3.59. The van der Waals surface area contributed by atoms with Crippen molar-refractivity contribution < 1.29 is 39.0 Å². The number of rotatable bonds is 1. The van der Waals surface area contributed by atoms with Gasteiger partial charge in [0.2, 0.25) is 0 Å². The van der Waals surface area contributed by atoms with E-state index in [0.29, 0.717) is 0 Å². The van der Waals surface area contributed by atoms with Crippen LogP contribution in [0.3, 0.4) is 0 Å². The smallest absolute Gasteiger partial charge is 3.00 e. The van der Waals surface area contributed by atoms with Crippen molar-refractivity contribution in [2.24, 2.45) is 0 Å². The van der Waals surface area contributed by atoms with Crippen molar-refractivity contribution >= 4 is 14.0 Å². The summed E-state index contributed by atoms with van der Waals surface area (Å²) in [6.07, 6.45) is 0. The van der Waals surface area contributed by atoms with E-state index < -0.39 is 14.0 Å². The number of carbonyl (C=O) groups is 1. The van der Waals surface area contributed by atoms with Gasteiger partial charge in [0, 0.05) is 0 Å². The Kier molecular flexibility index (Phi) is 5.41. The molecular formula is CH2O4PRh. The van der Waals surface area contributed by atoms with Gasteiger partial charge < -0.3 is 0 Å². The molecule has 0 aromatic heterocycles. The molecule has 0 aromatic carbocycles. The van der Waals surface area contributed by atoms with Crippen LogP contribution in [0.1, 0.15) is 0 Å². The van der Waals surface area contributed by atoms with Crippen LogP contribution < -0.4 is 14.7 Å². The summed E-state index contributed by atoms with van der Waals surface area (Å²) in [4.78, 5) is 36.3. The van der Waals surface area contributed by atoms with E-state index >= 15 is 0 Å². The van der Waals surface area contributed by atoms with E-state index in [0.717, 1.165) is 0 Å². The molecule has 44 valence electrons. The van der Waals surface area contributed by atoms with E-state index in [9.17, 15) is 0 Å². The quantitative estimate of drug-likeness (QED) is 0.259. The summed E-state index contributed by atoms with van der Waals surface area (Å²) >= 11 is 0. The molecule has 0 bridgehead atoms. The third-order valence-electron chi connectivity index (χ3n) is 0.144. The minimum absolute atomic E-state index is 0. The van der Waals surface area contributed by atoms with Crippen LogP contribution in [0.5, 0.6) is 0 Å². The van der Waals surface area contributed by atoms with Gasteiger partial charge in [0.05, 0.1) is 0 Å². The Labute approximate surface area is 53.5 Å². The summed E-state index contributed by atoms with van der Waals surface area (Å²) in [5.41, 5.74) is 0. The van der Waals surface area contributed by atoms with Crippen LogP contribution in [-0.2, 0) is 24.3 Å². The molecule has 0 aliphatic heterocycles. The summed E-state index contributed by atoms with van der Waals surface area (Å²) in [5, 5.41) is 0. The Morgan fingerprint density at radius 3 is 1.43 bits per heavy atom. The van der Waals surface area contributed by atoms with E-state index in [4.69, 9.17) is 19.5 Å². The summed E-state index contributed by atoms with van der Waals surface area (Å²) in [5.74, 6) is 0. The van der Waals surface area contributed by atoms with Crippen molar-refractivity contribution in [1.29, 1.82) is 0 Å². The van der Waals surface area contributed by atoms with Gasteiger partial charge in [0.25, 0.3) is 0 Å². The maximum atomic E-state index is 9.13. The standard InChI is InChI=1S/CH2O4P.Rh/c2-1-6(3,4)5;/h1,6H;/q-3;+3. The van der Waals surface area contributed by atoms with Gasteiger partial charge in [0.1, 0.15) is 0 Å². The summed E-state index contributed by atoms with van der Waals surface area (Å²) in [7, 11) is -5.06. The van der Waals surface area contributed by atoms with Crippen LogP contribution in [0.2, 0.25) is 0 Å². The molecule has 0 saturated carbocycles. The molecular weight excluding hydrogens is 210 g/mol. The van der Waals surface area contributed by atoms with Crippen molar-refractivity contribution in [2.75, 3.05) is 0 Å². The molecule has 0 spiro atoms. The zero-order valence-electron chi connectivity index (χ0n) is 3.04. The third-order valence-corrected chi connectivity index (χ3v) is 0.433. The van der Waals surface area contributed by atoms with Crippen LogP contribution in [0.25, 0.3) is 0 Å². The number of hydrogen-bond acceptors (Lipinski definition) is 4. The molecule has 0 atom stereocenters. The first-order valence-corrected chi connectivity index (χ1v) is 2.94. The molecule has 0 aliphatic carbocycles. The van der Waals surface area contributed by atoms with Crippen LogP contribution in [0.4, 0.5) is 0 Å². The third kappa shape index (κ3) is 10.8. The number of hydrogen-bond donors (Lipinski definition) is 0. The first kappa shape index (κ1) is 10.6.